The van der Waals surface area contributed by atoms with Gasteiger partial charge < -0.3 is 10.1 Å². The second kappa shape index (κ2) is 8.89. The number of ether oxygens (including phenoxy) is 1. The molecule has 10 heteroatoms. The zero-order valence-electron chi connectivity index (χ0n) is 16.5. The third-order valence-corrected chi connectivity index (χ3v) is 4.60. The van der Waals surface area contributed by atoms with Crippen molar-refractivity contribution in [1.82, 2.24) is 10.3 Å². The number of carbonyl (C=O) groups excluding carboxylic acids is 1. The zero-order chi connectivity index (χ0) is 23.5. The number of amides is 1. The van der Waals surface area contributed by atoms with Gasteiger partial charge in [-0.25, -0.2) is 4.98 Å². The molecule has 0 fully saturated rings. The van der Waals surface area contributed by atoms with E-state index in [0.29, 0.717) is 17.2 Å². The first kappa shape index (κ1) is 23.1. The minimum atomic E-state index is -4.81. The van der Waals surface area contributed by atoms with Gasteiger partial charge in [-0.1, -0.05) is 18.2 Å². The van der Waals surface area contributed by atoms with Crippen LogP contribution in [0.25, 0.3) is 11.1 Å². The maximum atomic E-state index is 14.8. The Kier molecular flexibility index (Phi) is 6.42. The summed E-state index contributed by atoms with van der Waals surface area (Å²) in [5.41, 5.74) is -1.69. The molecule has 1 amide bonds. The molecule has 0 aliphatic heterocycles. The van der Waals surface area contributed by atoms with Crippen molar-refractivity contribution < 1.29 is 35.9 Å². The quantitative estimate of drug-likeness (QED) is 0.399. The summed E-state index contributed by atoms with van der Waals surface area (Å²) < 4.78 is 86.9. The summed E-state index contributed by atoms with van der Waals surface area (Å²) in [6, 6.07) is 10.1. The molecule has 4 nitrogen and oxygen atoms in total. The molecule has 1 aromatic heterocycles. The Balaban J connectivity index is 1.82. The molecule has 0 radical (unpaired) electrons. The van der Waals surface area contributed by atoms with Crippen LogP contribution in [0.3, 0.4) is 0 Å². The Labute approximate surface area is 178 Å². The second-order valence-corrected chi connectivity index (χ2v) is 6.72. The molecule has 2 aromatic carbocycles. The molecule has 0 atom stereocenters. The lowest BCUT2D eigenvalue weighted by Crippen LogP contribution is -2.36. The molecular formula is C22H16F6N2O2. The van der Waals surface area contributed by atoms with Crippen LogP contribution in [0.4, 0.5) is 26.3 Å². The average Bonchev–Trinajstić information content (AvgIpc) is 2.77. The molecule has 3 aromatic rings. The molecule has 0 aliphatic carbocycles. The molecule has 1 N–H and O–H groups in total. The van der Waals surface area contributed by atoms with Crippen LogP contribution in [0, 0.1) is 5.95 Å². The monoisotopic (exact) mass is 454 g/mol. The molecule has 0 unspecified atom stereocenters. The van der Waals surface area contributed by atoms with Crippen molar-refractivity contribution in [2.75, 3.05) is 13.7 Å². The fourth-order valence-corrected chi connectivity index (χ4v) is 3.03. The van der Waals surface area contributed by atoms with Crippen LogP contribution >= 0.6 is 0 Å². The van der Waals surface area contributed by atoms with E-state index in [1.807, 2.05) is 5.32 Å². The van der Waals surface area contributed by atoms with Gasteiger partial charge in [-0.05, 0) is 42.0 Å². The van der Waals surface area contributed by atoms with E-state index in [4.69, 9.17) is 4.74 Å². The van der Waals surface area contributed by atoms with Crippen molar-refractivity contribution >= 4 is 5.91 Å². The smallest absolute Gasteiger partial charge is 0.417 e. The Morgan fingerprint density at radius 3 is 2.28 bits per heavy atom. The summed E-state index contributed by atoms with van der Waals surface area (Å²) in [5, 5.41) is 1.86. The maximum absolute atomic E-state index is 14.8. The number of alkyl halides is 5. The first-order valence-electron chi connectivity index (χ1n) is 9.15. The zero-order valence-corrected chi connectivity index (χ0v) is 16.5. The van der Waals surface area contributed by atoms with E-state index in [0.717, 1.165) is 24.3 Å². The minimum Gasteiger partial charge on any atom is -0.496 e. The van der Waals surface area contributed by atoms with E-state index < -0.39 is 47.2 Å². The first-order valence-corrected chi connectivity index (χ1v) is 9.15. The highest BCUT2D eigenvalue weighted by Gasteiger charge is 2.38. The number of rotatable bonds is 6. The number of hydrogen-bond donors (Lipinski definition) is 1. The van der Waals surface area contributed by atoms with Crippen LogP contribution in [0.5, 0.6) is 5.75 Å². The molecule has 0 aliphatic rings. The molecule has 168 valence electrons. The molecule has 1 heterocycles. The van der Waals surface area contributed by atoms with E-state index in [2.05, 4.69) is 4.98 Å². The number of nitrogens with zero attached hydrogens (tertiary/aromatic N) is 1. The Morgan fingerprint density at radius 2 is 1.66 bits per heavy atom. The second-order valence-electron chi connectivity index (χ2n) is 6.72. The van der Waals surface area contributed by atoms with E-state index >= 15 is 0 Å². The Hall–Kier alpha value is -3.56. The number of benzene rings is 2. The van der Waals surface area contributed by atoms with Gasteiger partial charge in [-0.3, -0.25) is 4.79 Å². The predicted octanol–water partition coefficient (Wildman–Crippen LogP) is 5.44. The molecule has 0 spiro atoms. The van der Waals surface area contributed by atoms with Crippen molar-refractivity contribution in [3.63, 3.8) is 0 Å². The predicted molar refractivity (Wildman–Crippen MR) is 104 cm³/mol. The first-order chi connectivity index (χ1) is 15.0. The summed E-state index contributed by atoms with van der Waals surface area (Å²) in [6.45, 7) is -1.26. The molecule has 32 heavy (non-hydrogen) atoms. The largest absolute Gasteiger partial charge is 0.496 e. The number of nitrogens with one attached hydrogen (secondary N) is 1. The van der Waals surface area contributed by atoms with Crippen LogP contribution in [0.2, 0.25) is 0 Å². The van der Waals surface area contributed by atoms with Crippen LogP contribution in [-0.4, -0.2) is 24.5 Å². The number of halogens is 6. The highest BCUT2D eigenvalue weighted by atomic mass is 19.4. The Morgan fingerprint density at radius 1 is 0.969 bits per heavy atom. The number of aromatic nitrogens is 1. The van der Waals surface area contributed by atoms with Gasteiger partial charge in [0.1, 0.15) is 5.75 Å². The third-order valence-electron chi connectivity index (χ3n) is 4.60. The fraction of sp³-hybridized carbons (Fsp3) is 0.182. The lowest BCUT2D eigenvalue weighted by molar-refractivity contribution is -0.137. The minimum absolute atomic E-state index is 0.221. The van der Waals surface area contributed by atoms with Crippen LogP contribution in [-0.2, 0) is 12.1 Å². The topological polar surface area (TPSA) is 51.2 Å². The van der Waals surface area contributed by atoms with Crippen molar-refractivity contribution in [1.29, 1.82) is 0 Å². The van der Waals surface area contributed by atoms with Crippen molar-refractivity contribution in [2.24, 2.45) is 0 Å². The lowest BCUT2D eigenvalue weighted by atomic mass is 10.0. The molecule has 3 rings (SSSR count). The summed E-state index contributed by atoms with van der Waals surface area (Å²) in [6.07, 6.45) is -3.59. The summed E-state index contributed by atoms with van der Waals surface area (Å²) in [7, 11) is 1.17. The number of methoxy groups -OCH3 is 1. The van der Waals surface area contributed by atoms with Crippen LogP contribution in [0.15, 0.2) is 60.8 Å². The number of pyridine rings is 1. The van der Waals surface area contributed by atoms with Gasteiger partial charge in [0.2, 0.25) is 5.95 Å². The van der Waals surface area contributed by atoms with Gasteiger partial charge in [0, 0.05) is 11.8 Å². The van der Waals surface area contributed by atoms with Gasteiger partial charge >= 0.3 is 6.18 Å². The van der Waals surface area contributed by atoms with E-state index in [1.165, 1.54) is 37.6 Å². The van der Waals surface area contributed by atoms with Crippen LogP contribution in [0.1, 0.15) is 21.5 Å². The standard InChI is InChI=1S/C22H16F6N2O2/c1-32-18-10-13(14-7-9-19(23)29-11-14)6-8-17(18)21(24,25)12-30-20(31)15-4-2-3-5-16(15)22(26,27)28/h2-11H,12H2,1H3,(H,30,31). The summed E-state index contributed by atoms with van der Waals surface area (Å²) in [5.74, 6) is -5.87. The van der Waals surface area contributed by atoms with Crippen LogP contribution < -0.4 is 10.1 Å². The third kappa shape index (κ3) is 5.01. The molecular weight excluding hydrogens is 438 g/mol. The maximum Gasteiger partial charge on any atom is 0.417 e. The summed E-state index contributed by atoms with van der Waals surface area (Å²) >= 11 is 0. The van der Waals surface area contributed by atoms with Gasteiger partial charge in [0.25, 0.3) is 11.8 Å². The normalized spacial score (nSPS) is 11.8. The molecule has 0 saturated heterocycles. The number of hydrogen-bond acceptors (Lipinski definition) is 3. The highest BCUT2D eigenvalue weighted by Crippen LogP contribution is 2.37. The van der Waals surface area contributed by atoms with Gasteiger partial charge in [-0.2, -0.15) is 26.3 Å². The van der Waals surface area contributed by atoms with Gasteiger partial charge in [0.15, 0.2) is 0 Å². The Bertz CT molecular complexity index is 1110. The highest BCUT2D eigenvalue weighted by molar-refractivity contribution is 5.95. The van der Waals surface area contributed by atoms with Crippen molar-refractivity contribution in [2.45, 2.75) is 12.1 Å². The van der Waals surface area contributed by atoms with Crippen molar-refractivity contribution in [3.05, 3.63) is 83.4 Å². The number of carbonyl (C=O) groups is 1. The molecule has 0 saturated carbocycles. The van der Waals surface area contributed by atoms with Gasteiger partial charge in [0.05, 0.1) is 30.3 Å². The van der Waals surface area contributed by atoms with Crippen molar-refractivity contribution in [3.8, 4) is 16.9 Å². The van der Waals surface area contributed by atoms with E-state index in [1.54, 1.807) is 0 Å². The molecule has 0 bridgehead atoms. The fourth-order valence-electron chi connectivity index (χ4n) is 3.03. The van der Waals surface area contributed by atoms with E-state index in [-0.39, 0.29) is 5.75 Å². The SMILES string of the molecule is COc1cc(-c2ccc(F)nc2)ccc1C(F)(F)CNC(=O)c1ccccc1C(F)(F)F. The lowest BCUT2D eigenvalue weighted by Gasteiger charge is -2.21. The average molecular weight is 454 g/mol. The van der Waals surface area contributed by atoms with Gasteiger partial charge in [-0.15, -0.1) is 0 Å². The summed E-state index contributed by atoms with van der Waals surface area (Å²) in [4.78, 5) is 15.7. The van der Waals surface area contributed by atoms with E-state index in [9.17, 15) is 31.1 Å².